The van der Waals surface area contributed by atoms with Crippen molar-refractivity contribution in [2.75, 3.05) is 0 Å². The van der Waals surface area contributed by atoms with E-state index in [1.807, 2.05) is 49.7 Å². The van der Waals surface area contributed by atoms with Crippen LogP contribution in [0.4, 0.5) is 4.79 Å². The number of aliphatic hydroxyl groups excluding tert-OH is 1. The molecule has 23 heavy (non-hydrogen) atoms. The number of hydrogen-bond acceptors (Lipinski definition) is 4. The highest BCUT2D eigenvalue weighted by atomic mass is 16.6. The van der Waals surface area contributed by atoms with Crippen LogP contribution in [0.3, 0.4) is 0 Å². The topological polar surface area (TPSA) is 67.1 Å². The van der Waals surface area contributed by atoms with Gasteiger partial charge in [-0.05, 0) is 39.7 Å². The normalized spacial score (nSPS) is 21.0. The van der Waals surface area contributed by atoms with Crippen molar-refractivity contribution in [2.45, 2.75) is 57.9 Å². The highest BCUT2D eigenvalue weighted by Crippen LogP contribution is 2.29. The standard InChI is InChI=1S/C17H23N3O3/c1-17(2,3)23-16(22)20(13-9-14(21)10-13)11-12-5-4-7-19-8-6-18-15(12)19/h4-8,13-14,21H,9-11H2,1-3H3/t13-,14+. The van der Waals surface area contributed by atoms with Crippen LogP contribution in [-0.4, -0.2) is 43.2 Å². The lowest BCUT2D eigenvalue weighted by molar-refractivity contribution is -0.0268. The van der Waals surface area contributed by atoms with E-state index in [4.69, 9.17) is 4.74 Å². The third kappa shape index (κ3) is 3.47. The van der Waals surface area contributed by atoms with Gasteiger partial charge in [-0.1, -0.05) is 6.07 Å². The Bertz CT molecular complexity index is 698. The fraction of sp³-hybridized carbons (Fsp3) is 0.529. The summed E-state index contributed by atoms with van der Waals surface area (Å²) in [5, 5.41) is 9.59. The average Bonchev–Trinajstić information content (AvgIpc) is 2.88. The fourth-order valence-corrected chi connectivity index (χ4v) is 2.79. The number of amides is 1. The van der Waals surface area contributed by atoms with E-state index >= 15 is 0 Å². The van der Waals surface area contributed by atoms with Gasteiger partial charge in [0, 0.05) is 30.2 Å². The number of pyridine rings is 1. The van der Waals surface area contributed by atoms with Gasteiger partial charge < -0.3 is 19.1 Å². The Morgan fingerprint density at radius 3 is 2.83 bits per heavy atom. The second kappa shape index (κ2) is 5.85. The van der Waals surface area contributed by atoms with Crippen LogP contribution in [0, 0.1) is 0 Å². The van der Waals surface area contributed by atoms with Gasteiger partial charge in [-0.3, -0.25) is 0 Å². The summed E-state index contributed by atoms with van der Waals surface area (Å²) in [4.78, 5) is 18.6. The first-order chi connectivity index (χ1) is 10.8. The molecule has 1 amide bonds. The second-order valence-electron chi connectivity index (χ2n) is 7.08. The summed E-state index contributed by atoms with van der Waals surface area (Å²) in [6, 6.07) is 3.91. The van der Waals surface area contributed by atoms with Crippen LogP contribution in [0.1, 0.15) is 39.2 Å². The van der Waals surface area contributed by atoms with Crippen LogP contribution in [0.2, 0.25) is 0 Å². The van der Waals surface area contributed by atoms with Crippen molar-refractivity contribution in [1.82, 2.24) is 14.3 Å². The average molecular weight is 317 g/mol. The van der Waals surface area contributed by atoms with E-state index in [0.717, 1.165) is 11.2 Å². The molecular weight excluding hydrogens is 294 g/mol. The van der Waals surface area contributed by atoms with Gasteiger partial charge in [-0.2, -0.15) is 0 Å². The molecule has 1 N–H and O–H groups in total. The zero-order valence-corrected chi connectivity index (χ0v) is 13.8. The quantitative estimate of drug-likeness (QED) is 0.945. The Labute approximate surface area is 135 Å². The minimum absolute atomic E-state index is 0.00932. The molecule has 0 saturated heterocycles. The van der Waals surface area contributed by atoms with Crippen molar-refractivity contribution in [2.24, 2.45) is 0 Å². The Balaban J connectivity index is 1.83. The molecule has 6 nitrogen and oxygen atoms in total. The van der Waals surface area contributed by atoms with Crippen LogP contribution in [0.25, 0.3) is 5.65 Å². The number of nitrogens with zero attached hydrogens (tertiary/aromatic N) is 3. The molecule has 0 atom stereocenters. The smallest absolute Gasteiger partial charge is 0.410 e. The number of hydrogen-bond donors (Lipinski definition) is 1. The molecule has 6 heteroatoms. The molecule has 2 heterocycles. The number of carbonyl (C=O) groups is 1. The monoisotopic (exact) mass is 317 g/mol. The van der Waals surface area contributed by atoms with Crippen LogP contribution in [0.5, 0.6) is 0 Å². The van der Waals surface area contributed by atoms with E-state index in [0.29, 0.717) is 19.4 Å². The maximum atomic E-state index is 12.6. The van der Waals surface area contributed by atoms with Gasteiger partial charge in [0.25, 0.3) is 0 Å². The number of aromatic nitrogens is 2. The lowest BCUT2D eigenvalue weighted by Crippen LogP contribution is -2.50. The second-order valence-corrected chi connectivity index (χ2v) is 7.08. The van der Waals surface area contributed by atoms with E-state index in [9.17, 15) is 9.90 Å². The van der Waals surface area contributed by atoms with E-state index in [2.05, 4.69) is 4.98 Å². The molecule has 1 aliphatic carbocycles. The van der Waals surface area contributed by atoms with Crippen LogP contribution in [-0.2, 0) is 11.3 Å². The third-order valence-electron chi connectivity index (χ3n) is 4.00. The highest BCUT2D eigenvalue weighted by Gasteiger charge is 2.37. The molecule has 0 radical (unpaired) electrons. The Hall–Kier alpha value is -2.08. The Kier molecular flexibility index (Phi) is 4.02. The van der Waals surface area contributed by atoms with Gasteiger partial charge in [-0.15, -0.1) is 0 Å². The molecule has 0 aromatic carbocycles. The summed E-state index contributed by atoms with van der Waals surface area (Å²) < 4.78 is 7.46. The molecule has 1 saturated carbocycles. The lowest BCUT2D eigenvalue weighted by Gasteiger charge is -2.41. The van der Waals surface area contributed by atoms with Crippen molar-refractivity contribution in [3.8, 4) is 0 Å². The maximum Gasteiger partial charge on any atom is 0.410 e. The Morgan fingerprint density at radius 1 is 1.43 bits per heavy atom. The molecule has 124 valence electrons. The van der Waals surface area contributed by atoms with Gasteiger partial charge in [0.2, 0.25) is 0 Å². The molecule has 3 rings (SSSR count). The minimum Gasteiger partial charge on any atom is -0.444 e. The summed E-state index contributed by atoms with van der Waals surface area (Å²) in [7, 11) is 0. The molecule has 0 bridgehead atoms. The third-order valence-corrected chi connectivity index (χ3v) is 4.00. The first kappa shape index (κ1) is 15.8. The minimum atomic E-state index is -0.545. The SMILES string of the molecule is CC(C)(C)OC(=O)N(Cc1cccn2ccnc12)[C@H]1C[C@@H](O)C1. The first-order valence-corrected chi connectivity index (χ1v) is 7.92. The van der Waals surface area contributed by atoms with E-state index in [1.165, 1.54) is 0 Å². The number of ether oxygens (including phenoxy) is 1. The Morgan fingerprint density at radius 2 is 2.17 bits per heavy atom. The summed E-state index contributed by atoms with van der Waals surface area (Å²) in [6.07, 6.45) is 6.06. The van der Waals surface area contributed by atoms with Crippen LogP contribution in [0.15, 0.2) is 30.7 Å². The molecule has 1 aliphatic rings. The van der Waals surface area contributed by atoms with Gasteiger partial charge in [0.1, 0.15) is 11.2 Å². The molecule has 0 aliphatic heterocycles. The van der Waals surface area contributed by atoms with E-state index < -0.39 is 5.60 Å². The van der Waals surface area contributed by atoms with Crippen molar-refractivity contribution in [1.29, 1.82) is 0 Å². The summed E-state index contributed by atoms with van der Waals surface area (Å²) in [5.74, 6) is 0. The van der Waals surface area contributed by atoms with Crippen LogP contribution >= 0.6 is 0 Å². The van der Waals surface area contributed by atoms with Crippen LogP contribution < -0.4 is 0 Å². The molecule has 2 aromatic heterocycles. The van der Waals surface area contributed by atoms with Crippen molar-refractivity contribution >= 4 is 11.7 Å². The van der Waals surface area contributed by atoms with Crippen molar-refractivity contribution < 1.29 is 14.6 Å². The van der Waals surface area contributed by atoms with Crippen molar-refractivity contribution in [3.05, 3.63) is 36.3 Å². The van der Waals surface area contributed by atoms with Gasteiger partial charge in [-0.25, -0.2) is 9.78 Å². The van der Waals surface area contributed by atoms with E-state index in [1.54, 1.807) is 11.1 Å². The summed E-state index contributed by atoms with van der Waals surface area (Å²) in [6.45, 7) is 5.99. The number of imidazole rings is 1. The molecule has 0 spiro atoms. The number of aliphatic hydroxyl groups is 1. The van der Waals surface area contributed by atoms with Crippen molar-refractivity contribution in [3.63, 3.8) is 0 Å². The molecule has 2 aromatic rings. The number of rotatable bonds is 3. The molecule has 1 fully saturated rings. The number of fused-ring (bicyclic) bond motifs is 1. The fourth-order valence-electron chi connectivity index (χ4n) is 2.79. The van der Waals surface area contributed by atoms with Gasteiger partial charge >= 0.3 is 6.09 Å². The predicted octanol–water partition coefficient (Wildman–Crippen LogP) is 2.59. The summed E-state index contributed by atoms with van der Waals surface area (Å²) in [5.41, 5.74) is 1.25. The zero-order chi connectivity index (χ0) is 16.6. The zero-order valence-electron chi connectivity index (χ0n) is 13.8. The number of carbonyl (C=O) groups excluding carboxylic acids is 1. The van der Waals surface area contributed by atoms with Gasteiger partial charge in [0.15, 0.2) is 0 Å². The van der Waals surface area contributed by atoms with Gasteiger partial charge in [0.05, 0.1) is 12.6 Å². The highest BCUT2D eigenvalue weighted by molar-refractivity contribution is 5.69. The molecule has 0 unspecified atom stereocenters. The summed E-state index contributed by atoms with van der Waals surface area (Å²) >= 11 is 0. The maximum absolute atomic E-state index is 12.6. The lowest BCUT2D eigenvalue weighted by atomic mass is 9.88. The van der Waals surface area contributed by atoms with E-state index in [-0.39, 0.29) is 18.2 Å². The largest absolute Gasteiger partial charge is 0.444 e. The predicted molar refractivity (Wildman–Crippen MR) is 86.0 cm³/mol. The molecular formula is C17H23N3O3. The first-order valence-electron chi connectivity index (χ1n) is 7.92.